The summed E-state index contributed by atoms with van der Waals surface area (Å²) >= 11 is 1.53. The second-order valence-corrected chi connectivity index (χ2v) is 9.91. The van der Waals surface area contributed by atoms with Gasteiger partial charge in [-0.25, -0.2) is 18.9 Å². The van der Waals surface area contributed by atoms with Gasteiger partial charge < -0.3 is 9.80 Å². The SMILES string of the molecule is Cc1cc(C)nc(N2C[C@H]3CN(C(=O)c4c(-c5cccs5)nn5cc(F)ccc45)C[C@H]3C2)n1. The highest BCUT2D eigenvalue weighted by atomic mass is 32.1. The number of thiophene rings is 1. The van der Waals surface area contributed by atoms with Gasteiger partial charge in [0.05, 0.1) is 22.2 Å². The molecule has 1 amide bonds. The predicted octanol–water partition coefficient (Wildman–Crippen LogP) is 3.82. The van der Waals surface area contributed by atoms with Crippen LogP contribution < -0.4 is 4.90 Å². The predicted molar refractivity (Wildman–Crippen MR) is 125 cm³/mol. The van der Waals surface area contributed by atoms with Crippen LogP contribution in [0.1, 0.15) is 21.7 Å². The molecule has 0 spiro atoms. The average molecular weight is 463 g/mol. The van der Waals surface area contributed by atoms with Gasteiger partial charge in [-0.2, -0.15) is 5.10 Å². The topological polar surface area (TPSA) is 66.6 Å². The van der Waals surface area contributed by atoms with Crippen LogP contribution in [-0.4, -0.2) is 56.6 Å². The summed E-state index contributed by atoms with van der Waals surface area (Å²) in [4.78, 5) is 28.0. The van der Waals surface area contributed by atoms with Crippen LogP contribution in [0.25, 0.3) is 16.1 Å². The molecule has 4 aromatic rings. The molecule has 0 aromatic carbocycles. The van der Waals surface area contributed by atoms with Crippen LogP contribution in [0.15, 0.2) is 41.9 Å². The first-order valence-electron chi connectivity index (χ1n) is 11.0. The summed E-state index contributed by atoms with van der Waals surface area (Å²) in [5.74, 6) is 1.12. The third kappa shape index (κ3) is 3.47. The summed E-state index contributed by atoms with van der Waals surface area (Å²) in [7, 11) is 0. The van der Waals surface area contributed by atoms with Gasteiger partial charge in [0.1, 0.15) is 11.5 Å². The Bertz CT molecular complexity index is 1330. The zero-order valence-electron chi connectivity index (χ0n) is 18.4. The van der Waals surface area contributed by atoms with Gasteiger partial charge >= 0.3 is 0 Å². The normalized spacial score (nSPS) is 20.1. The van der Waals surface area contributed by atoms with Gasteiger partial charge in [0.25, 0.3) is 5.91 Å². The number of anilines is 1. The lowest BCUT2D eigenvalue weighted by molar-refractivity contribution is 0.0785. The summed E-state index contributed by atoms with van der Waals surface area (Å²) in [6, 6.07) is 8.88. The standard InChI is InChI=1S/C24H23FN6OS/c1-14-8-15(2)27-24(26-14)30-11-16-9-29(10-17(16)12-30)23(32)21-19-6-5-18(25)13-31(19)28-22(21)20-4-3-7-33-20/h3-8,13,16-17H,9-12H2,1-2H3/t16-,17+. The molecule has 0 N–H and O–H groups in total. The molecule has 2 aliphatic heterocycles. The van der Waals surface area contributed by atoms with Gasteiger partial charge in [-0.15, -0.1) is 11.3 Å². The zero-order chi connectivity index (χ0) is 22.7. The summed E-state index contributed by atoms with van der Waals surface area (Å²) in [6.45, 7) is 7.04. The Hall–Kier alpha value is -3.33. The van der Waals surface area contributed by atoms with Crippen LogP contribution in [0.5, 0.6) is 0 Å². The lowest BCUT2D eigenvalue weighted by Gasteiger charge is -2.22. The first-order valence-corrected chi connectivity index (χ1v) is 11.9. The van der Waals surface area contributed by atoms with Gasteiger partial charge in [-0.05, 0) is 43.5 Å². The molecular weight excluding hydrogens is 439 g/mol. The fourth-order valence-corrected chi connectivity index (χ4v) is 5.87. The maximum atomic E-state index is 13.8. The highest BCUT2D eigenvalue weighted by Crippen LogP contribution is 2.36. The average Bonchev–Trinajstić information content (AvgIpc) is 3.53. The largest absolute Gasteiger partial charge is 0.340 e. The van der Waals surface area contributed by atoms with Crippen LogP contribution in [-0.2, 0) is 0 Å². The van der Waals surface area contributed by atoms with E-state index in [1.54, 1.807) is 6.07 Å². The van der Waals surface area contributed by atoms with Crippen molar-refractivity contribution in [2.45, 2.75) is 13.8 Å². The second kappa shape index (κ2) is 7.62. The molecule has 6 rings (SSSR count). The molecule has 9 heteroatoms. The van der Waals surface area contributed by atoms with Gasteiger partial charge in [-0.1, -0.05) is 6.07 Å². The van der Waals surface area contributed by atoms with E-state index in [1.807, 2.05) is 42.3 Å². The summed E-state index contributed by atoms with van der Waals surface area (Å²) in [6.07, 6.45) is 1.32. The molecule has 0 unspecified atom stereocenters. The van der Waals surface area contributed by atoms with E-state index < -0.39 is 0 Å². The highest BCUT2D eigenvalue weighted by molar-refractivity contribution is 7.13. The molecule has 2 aliphatic rings. The number of nitrogens with zero attached hydrogens (tertiary/aromatic N) is 6. The number of likely N-dealkylation sites (tertiary alicyclic amines) is 1. The molecule has 0 aliphatic carbocycles. The van der Waals surface area contributed by atoms with Crippen LogP contribution in [0.2, 0.25) is 0 Å². The van der Waals surface area contributed by atoms with Crippen LogP contribution in [0.4, 0.5) is 10.3 Å². The lowest BCUT2D eigenvalue weighted by atomic mass is 10.0. The van der Waals surface area contributed by atoms with Crippen LogP contribution in [0, 0.1) is 31.5 Å². The van der Waals surface area contributed by atoms with Gasteiger partial charge in [0.15, 0.2) is 0 Å². The molecule has 2 fully saturated rings. The third-order valence-electron chi connectivity index (χ3n) is 6.59. The summed E-state index contributed by atoms with van der Waals surface area (Å²) < 4.78 is 15.3. The second-order valence-electron chi connectivity index (χ2n) is 8.96. The number of aryl methyl sites for hydroxylation is 2. The van der Waals surface area contributed by atoms with E-state index in [-0.39, 0.29) is 11.7 Å². The number of amides is 1. The number of hydrogen-bond donors (Lipinski definition) is 0. The summed E-state index contributed by atoms with van der Waals surface area (Å²) in [5, 5.41) is 6.52. The number of pyridine rings is 1. The van der Waals surface area contributed by atoms with Crippen molar-refractivity contribution in [3.63, 3.8) is 0 Å². The Morgan fingerprint density at radius 2 is 1.79 bits per heavy atom. The molecule has 33 heavy (non-hydrogen) atoms. The van der Waals surface area contributed by atoms with Crippen molar-refractivity contribution in [2.24, 2.45) is 11.8 Å². The number of carbonyl (C=O) groups excluding carboxylic acids is 1. The first-order chi connectivity index (χ1) is 16.0. The minimum atomic E-state index is -0.383. The third-order valence-corrected chi connectivity index (χ3v) is 7.47. The monoisotopic (exact) mass is 462 g/mol. The van der Waals surface area contributed by atoms with E-state index in [0.29, 0.717) is 41.7 Å². The Morgan fingerprint density at radius 1 is 1.06 bits per heavy atom. The molecule has 0 bridgehead atoms. The lowest BCUT2D eigenvalue weighted by Crippen LogP contribution is -2.34. The molecule has 0 radical (unpaired) electrons. The molecule has 6 heterocycles. The number of hydrogen-bond acceptors (Lipinski definition) is 6. The van der Waals surface area contributed by atoms with E-state index in [2.05, 4.69) is 20.0 Å². The summed E-state index contributed by atoms with van der Waals surface area (Å²) in [5.41, 5.74) is 3.73. The van der Waals surface area contributed by atoms with Crippen molar-refractivity contribution in [2.75, 3.05) is 31.1 Å². The molecule has 4 aromatic heterocycles. The van der Waals surface area contributed by atoms with Gasteiger partial charge in [0.2, 0.25) is 5.95 Å². The molecule has 168 valence electrons. The fraction of sp³-hybridized carbons (Fsp3) is 0.333. The quantitative estimate of drug-likeness (QED) is 0.463. The van der Waals surface area contributed by atoms with Crippen molar-refractivity contribution in [3.05, 3.63) is 64.7 Å². The number of carbonyl (C=O) groups is 1. The number of aromatic nitrogens is 4. The van der Waals surface area contributed by atoms with E-state index in [0.717, 1.165) is 35.3 Å². The fourth-order valence-electron chi connectivity index (χ4n) is 5.15. The number of fused-ring (bicyclic) bond motifs is 2. The maximum Gasteiger partial charge on any atom is 0.258 e. The Kier molecular flexibility index (Phi) is 4.69. The molecule has 0 saturated carbocycles. The molecule has 7 nitrogen and oxygen atoms in total. The van der Waals surface area contributed by atoms with Crippen molar-refractivity contribution in [3.8, 4) is 10.6 Å². The van der Waals surface area contributed by atoms with Crippen LogP contribution in [0.3, 0.4) is 0 Å². The van der Waals surface area contributed by atoms with Crippen molar-refractivity contribution in [1.82, 2.24) is 24.5 Å². The first kappa shape index (κ1) is 20.3. The smallest absolute Gasteiger partial charge is 0.258 e. The Labute approximate surface area is 194 Å². The zero-order valence-corrected chi connectivity index (χ0v) is 19.2. The molecule has 2 saturated heterocycles. The van der Waals surface area contributed by atoms with E-state index in [9.17, 15) is 9.18 Å². The van der Waals surface area contributed by atoms with Crippen molar-refractivity contribution < 1.29 is 9.18 Å². The minimum Gasteiger partial charge on any atom is -0.340 e. The minimum absolute atomic E-state index is 0.0383. The van der Waals surface area contributed by atoms with Crippen molar-refractivity contribution >= 4 is 28.7 Å². The van der Waals surface area contributed by atoms with E-state index in [4.69, 9.17) is 0 Å². The number of halogens is 1. The van der Waals surface area contributed by atoms with E-state index in [1.165, 1.54) is 28.1 Å². The highest BCUT2D eigenvalue weighted by Gasteiger charge is 2.43. The Balaban J connectivity index is 1.27. The van der Waals surface area contributed by atoms with Crippen molar-refractivity contribution in [1.29, 1.82) is 0 Å². The van der Waals surface area contributed by atoms with E-state index >= 15 is 0 Å². The van der Waals surface area contributed by atoms with Gasteiger partial charge in [0, 0.05) is 49.4 Å². The molecular formula is C24H23FN6OS. The maximum absolute atomic E-state index is 13.8. The Morgan fingerprint density at radius 3 is 2.45 bits per heavy atom. The number of rotatable bonds is 3. The van der Waals surface area contributed by atoms with Gasteiger partial charge in [-0.3, -0.25) is 4.79 Å². The molecule has 2 atom stereocenters. The van der Waals surface area contributed by atoms with Crippen LogP contribution >= 0.6 is 11.3 Å².